The Bertz CT molecular complexity index is 1440. The van der Waals surface area contributed by atoms with Crippen LogP contribution in [0.25, 0.3) is 0 Å². The largest absolute Gasteiger partial charge is 0.462 e. The summed E-state index contributed by atoms with van der Waals surface area (Å²) in [6, 6.07) is 0. The Hall–Kier alpha value is -4.19. The molecule has 0 amide bonds. The summed E-state index contributed by atoms with van der Waals surface area (Å²) in [6.07, 6.45) is 74.7. The van der Waals surface area contributed by atoms with E-state index in [0.717, 1.165) is 77.0 Å². The predicted octanol–water partition coefficient (Wildman–Crippen LogP) is 18.1. The number of unbranched alkanes of at least 4 members (excludes halogenated alkanes) is 21. The van der Waals surface area contributed by atoms with E-state index in [1.165, 1.54) is 103 Å². The first-order chi connectivity index (χ1) is 33.0. The van der Waals surface area contributed by atoms with Crippen LogP contribution in [-0.2, 0) is 28.6 Å². The Balaban J connectivity index is 4.58. The van der Waals surface area contributed by atoms with Crippen molar-refractivity contribution < 1.29 is 28.6 Å². The van der Waals surface area contributed by atoms with Crippen LogP contribution in [0.1, 0.15) is 226 Å². The molecule has 0 aromatic heterocycles. The molecule has 0 aromatic rings. The van der Waals surface area contributed by atoms with Crippen molar-refractivity contribution >= 4 is 17.9 Å². The predicted molar refractivity (Wildman–Crippen MR) is 288 cm³/mol. The second-order valence-corrected chi connectivity index (χ2v) is 17.6. The van der Waals surface area contributed by atoms with E-state index < -0.39 is 6.10 Å². The molecule has 6 nitrogen and oxygen atoms in total. The highest BCUT2D eigenvalue weighted by molar-refractivity contribution is 5.71. The van der Waals surface area contributed by atoms with E-state index in [1.807, 2.05) is 60.8 Å². The van der Waals surface area contributed by atoms with Crippen molar-refractivity contribution in [2.45, 2.75) is 232 Å². The molecule has 0 aromatic carbocycles. The van der Waals surface area contributed by atoms with Gasteiger partial charge in [0.1, 0.15) is 13.2 Å². The quantitative estimate of drug-likeness (QED) is 0.0199. The number of rotatable bonds is 47. The monoisotopic (exact) mass is 927 g/mol. The van der Waals surface area contributed by atoms with E-state index in [-0.39, 0.29) is 37.5 Å². The SMILES string of the molecule is CC\C=C/C=C\C=C/C=C\C=C\C=C/CCCCCC(=O)OCC(COC(=O)CCCCCCCCCCCCCCCCC)OC(=O)CCC/C=C\C/C=C\C/C=C\C/C=C\CCCCC. The van der Waals surface area contributed by atoms with E-state index in [4.69, 9.17) is 14.2 Å². The molecular weight excluding hydrogens is 829 g/mol. The van der Waals surface area contributed by atoms with Crippen molar-refractivity contribution in [2.24, 2.45) is 0 Å². The van der Waals surface area contributed by atoms with Gasteiger partial charge in [0.15, 0.2) is 6.10 Å². The van der Waals surface area contributed by atoms with Gasteiger partial charge in [0.05, 0.1) is 0 Å². The maximum Gasteiger partial charge on any atom is 0.306 e. The van der Waals surface area contributed by atoms with E-state index in [9.17, 15) is 14.4 Å². The van der Waals surface area contributed by atoms with Gasteiger partial charge in [-0.15, -0.1) is 0 Å². The van der Waals surface area contributed by atoms with Gasteiger partial charge in [-0.05, 0) is 77.0 Å². The summed E-state index contributed by atoms with van der Waals surface area (Å²) < 4.78 is 16.7. The molecule has 0 rings (SSSR count). The zero-order chi connectivity index (χ0) is 48.6. The molecule has 0 saturated carbocycles. The summed E-state index contributed by atoms with van der Waals surface area (Å²) >= 11 is 0. The molecule has 0 fully saturated rings. The molecule has 378 valence electrons. The van der Waals surface area contributed by atoms with E-state index in [1.54, 1.807) is 0 Å². The summed E-state index contributed by atoms with van der Waals surface area (Å²) in [4.78, 5) is 38.1. The second kappa shape index (κ2) is 54.4. The first kappa shape index (κ1) is 62.8. The lowest BCUT2D eigenvalue weighted by Gasteiger charge is -2.18. The fourth-order valence-electron chi connectivity index (χ4n) is 7.05. The lowest BCUT2D eigenvalue weighted by Crippen LogP contribution is -2.30. The van der Waals surface area contributed by atoms with Gasteiger partial charge < -0.3 is 14.2 Å². The van der Waals surface area contributed by atoms with Gasteiger partial charge in [-0.25, -0.2) is 0 Å². The molecule has 67 heavy (non-hydrogen) atoms. The number of hydrogen-bond acceptors (Lipinski definition) is 6. The Morgan fingerprint density at radius 2 is 0.657 bits per heavy atom. The van der Waals surface area contributed by atoms with Crippen LogP contribution in [0.5, 0.6) is 0 Å². The Kier molecular flexibility index (Phi) is 51.0. The zero-order valence-corrected chi connectivity index (χ0v) is 43.1. The van der Waals surface area contributed by atoms with Crippen molar-refractivity contribution in [3.05, 3.63) is 122 Å². The minimum Gasteiger partial charge on any atom is -0.462 e. The van der Waals surface area contributed by atoms with Crippen LogP contribution in [0, 0.1) is 0 Å². The molecule has 0 aliphatic rings. The first-order valence-corrected chi connectivity index (χ1v) is 27.1. The van der Waals surface area contributed by atoms with Crippen molar-refractivity contribution in [3.8, 4) is 0 Å². The number of carbonyl (C=O) groups excluding carboxylic acids is 3. The third kappa shape index (κ3) is 52.6. The minimum atomic E-state index is -0.827. The van der Waals surface area contributed by atoms with Crippen LogP contribution in [0.2, 0.25) is 0 Å². The molecule has 0 aliphatic carbocycles. The highest BCUT2D eigenvalue weighted by Crippen LogP contribution is 2.15. The number of carbonyl (C=O) groups is 3. The molecule has 0 heterocycles. The normalized spacial score (nSPS) is 13.1. The molecule has 0 N–H and O–H groups in total. The molecule has 0 saturated heterocycles. The maximum absolute atomic E-state index is 12.8. The van der Waals surface area contributed by atoms with Crippen molar-refractivity contribution in [3.63, 3.8) is 0 Å². The van der Waals surface area contributed by atoms with Crippen LogP contribution >= 0.6 is 0 Å². The van der Waals surface area contributed by atoms with Crippen LogP contribution in [0.4, 0.5) is 0 Å². The molecule has 0 radical (unpaired) electrons. The lowest BCUT2D eigenvalue weighted by molar-refractivity contribution is -0.167. The highest BCUT2D eigenvalue weighted by atomic mass is 16.6. The van der Waals surface area contributed by atoms with Gasteiger partial charge in [-0.1, -0.05) is 251 Å². The second-order valence-electron chi connectivity index (χ2n) is 17.6. The third-order valence-corrected chi connectivity index (χ3v) is 11.1. The number of hydrogen-bond donors (Lipinski definition) is 0. The van der Waals surface area contributed by atoms with Crippen LogP contribution in [0.3, 0.4) is 0 Å². The molecular formula is C61H98O6. The molecule has 1 unspecified atom stereocenters. The summed E-state index contributed by atoms with van der Waals surface area (Å²) in [7, 11) is 0. The average molecular weight is 927 g/mol. The highest BCUT2D eigenvalue weighted by Gasteiger charge is 2.19. The van der Waals surface area contributed by atoms with Gasteiger partial charge in [0, 0.05) is 19.3 Å². The fourth-order valence-corrected chi connectivity index (χ4v) is 7.05. The average Bonchev–Trinajstić information content (AvgIpc) is 3.33. The summed E-state index contributed by atoms with van der Waals surface area (Å²) in [6.45, 7) is 6.38. The summed E-state index contributed by atoms with van der Waals surface area (Å²) in [5.41, 5.74) is 0. The topological polar surface area (TPSA) is 78.9 Å². The van der Waals surface area contributed by atoms with Gasteiger partial charge in [0.2, 0.25) is 0 Å². The van der Waals surface area contributed by atoms with Gasteiger partial charge in [-0.2, -0.15) is 0 Å². The molecule has 6 heteroatoms. The van der Waals surface area contributed by atoms with Gasteiger partial charge >= 0.3 is 17.9 Å². The van der Waals surface area contributed by atoms with E-state index >= 15 is 0 Å². The van der Waals surface area contributed by atoms with Crippen molar-refractivity contribution in [1.29, 1.82) is 0 Å². The summed E-state index contributed by atoms with van der Waals surface area (Å²) in [5.74, 6) is -1.02. The van der Waals surface area contributed by atoms with Crippen LogP contribution in [-0.4, -0.2) is 37.2 Å². The Morgan fingerprint density at radius 3 is 1.12 bits per heavy atom. The van der Waals surface area contributed by atoms with Gasteiger partial charge in [-0.3, -0.25) is 14.4 Å². The number of allylic oxidation sites excluding steroid dienone is 20. The standard InChI is InChI=1S/C61H98O6/c1-4-7-10-13-16-19-22-25-28-30-33-36-39-42-45-48-51-54-60(63)66-57-58(56-65-59(62)53-50-47-44-41-38-35-32-27-24-21-18-15-12-9-6-3)67-61(64)55-52-49-46-43-40-37-34-31-29-26-23-20-17-14-11-8-5-2/h7,10,13,16-17,19-20,22,25-26,28-30,33-34,36-37,39,43,46,58H,4-6,8-9,11-12,14-15,18,21,23-24,27,31-32,35,38,40-42,44-45,47-57H2,1-3H3/b10-7-,16-13-,20-17-,22-19-,28-25-,29-26-,33-30+,37-34-,39-36-,46-43-. The maximum atomic E-state index is 12.8. The third-order valence-electron chi connectivity index (χ3n) is 11.1. The fraction of sp³-hybridized carbons (Fsp3) is 0.623. The Morgan fingerprint density at radius 1 is 0.328 bits per heavy atom. The van der Waals surface area contributed by atoms with E-state index in [0.29, 0.717) is 19.3 Å². The number of ether oxygens (including phenoxy) is 3. The number of esters is 3. The smallest absolute Gasteiger partial charge is 0.306 e. The molecule has 0 aliphatic heterocycles. The molecule has 1 atom stereocenters. The lowest BCUT2D eigenvalue weighted by atomic mass is 10.0. The molecule has 0 bridgehead atoms. The van der Waals surface area contributed by atoms with E-state index in [2.05, 4.69) is 81.5 Å². The first-order valence-electron chi connectivity index (χ1n) is 27.1. The van der Waals surface area contributed by atoms with Crippen molar-refractivity contribution in [1.82, 2.24) is 0 Å². The Labute approximate surface area is 412 Å². The zero-order valence-electron chi connectivity index (χ0n) is 43.1. The van der Waals surface area contributed by atoms with Crippen molar-refractivity contribution in [2.75, 3.05) is 13.2 Å². The minimum absolute atomic E-state index is 0.116. The van der Waals surface area contributed by atoms with Crippen LogP contribution < -0.4 is 0 Å². The van der Waals surface area contributed by atoms with Gasteiger partial charge in [0.25, 0.3) is 0 Å². The molecule has 0 spiro atoms. The summed E-state index contributed by atoms with van der Waals surface area (Å²) in [5, 5.41) is 0. The van der Waals surface area contributed by atoms with Crippen LogP contribution in [0.15, 0.2) is 122 Å².